The average molecular weight is 436 g/mol. The van der Waals surface area contributed by atoms with E-state index in [1.165, 1.54) is 35.5 Å². The molecule has 1 aliphatic rings. The zero-order valence-electron chi connectivity index (χ0n) is 16.0. The van der Waals surface area contributed by atoms with Gasteiger partial charge in [0.05, 0.1) is 4.90 Å². The Balaban J connectivity index is 1.76. The lowest BCUT2D eigenvalue weighted by molar-refractivity contribution is -0.150. The molecule has 154 valence electrons. The van der Waals surface area contributed by atoms with Crippen molar-refractivity contribution in [3.8, 4) is 0 Å². The Kier molecular flexibility index (Phi) is 6.72. The molecule has 0 spiro atoms. The first-order chi connectivity index (χ1) is 13.8. The molecule has 29 heavy (non-hydrogen) atoms. The zero-order chi connectivity index (χ0) is 21.0. The van der Waals surface area contributed by atoms with Crippen LogP contribution in [0.1, 0.15) is 42.1 Å². The molecule has 8 heteroatoms. The number of hydrogen-bond acceptors (Lipinski definition) is 5. The van der Waals surface area contributed by atoms with Gasteiger partial charge in [-0.2, -0.15) is 4.31 Å². The van der Waals surface area contributed by atoms with Crippen molar-refractivity contribution in [2.75, 3.05) is 6.54 Å². The standard InChI is InChI=1S/C21H22ClNO5S/c1-15(24)17-7-11-19(12-8-17)29(26,27)23-13-3-2-4-20(23)21(25)28-14-16-5-9-18(22)10-6-16/h5-12,20H,2-4,13-14H2,1H3. The smallest absolute Gasteiger partial charge is 0.324 e. The van der Waals surface area contributed by atoms with Gasteiger partial charge in [0.2, 0.25) is 10.0 Å². The van der Waals surface area contributed by atoms with Crippen LogP contribution in [-0.4, -0.2) is 37.1 Å². The molecule has 1 heterocycles. The van der Waals surface area contributed by atoms with Crippen molar-refractivity contribution < 1.29 is 22.7 Å². The van der Waals surface area contributed by atoms with E-state index in [1.807, 2.05) is 0 Å². The summed E-state index contributed by atoms with van der Waals surface area (Å²) in [6.07, 6.45) is 1.83. The van der Waals surface area contributed by atoms with Crippen LogP contribution in [0.25, 0.3) is 0 Å². The number of rotatable bonds is 6. The number of nitrogens with zero attached hydrogens (tertiary/aromatic N) is 1. The van der Waals surface area contributed by atoms with E-state index in [2.05, 4.69) is 0 Å². The molecule has 3 rings (SSSR count). The lowest BCUT2D eigenvalue weighted by Crippen LogP contribution is -2.48. The van der Waals surface area contributed by atoms with Gasteiger partial charge in [0.25, 0.3) is 0 Å². The predicted octanol–water partition coefficient (Wildman–Crippen LogP) is 3.83. The van der Waals surface area contributed by atoms with E-state index in [-0.39, 0.29) is 23.8 Å². The van der Waals surface area contributed by atoms with Crippen LogP contribution in [0.2, 0.25) is 5.02 Å². The third kappa shape index (κ3) is 5.04. The molecule has 0 N–H and O–H groups in total. The molecule has 0 bridgehead atoms. The SMILES string of the molecule is CC(=O)c1ccc(S(=O)(=O)N2CCCCC2C(=O)OCc2ccc(Cl)cc2)cc1. The van der Waals surface area contributed by atoms with Crippen LogP contribution < -0.4 is 0 Å². The van der Waals surface area contributed by atoms with Gasteiger partial charge in [0.1, 0.15) is 12.6 Å². The van der Waals surface area contributed by atoms with Gasteiger partial charge in [-0.3, -0.25) is 9.59 Å². The highest BCUT2D eigenvalue weighted by Crippen LogP contribution is 2.27. The number of piperidine rings is 1. The van der Waals surface area contributed by atoms with Crippen LogP contribution >= 0.6 is 11.6 Å². The van der Waals surface area contributed by atoms with Crippen LogP contribution in [-0.2, 0) is 26.2 Å². The van der Waals surface area contributed by atoms with Gasteiger partial charge in [0.15, 0.2) is 5.78 Å². The Morgan fingerprint density at radius 1 is 1.07 bits per heavy atom. The molecule has 0 saturated carbocycles. The number of carbonyl (C=O) groups is 2. The Bertz CT molecular complexity index is 987. The average Bonchev–Trinajstić information content (AvgIpc) is 2.73. The second kappa shape index (κ2) is 9.07. The van der Waals surface area contributed by atoms with Gasteiger partial charge in [-0.25, -0.2) is 8.42 Å². The van der Waals surface area contributed by atoms with Crippen LogP contribution in [0.15, 0.2) is 53.4 Å². The lowest BCUT2D eigenvalue weighted by Gasteiger charge is -2.33. The van der Waals surface area contributed by atoms with Crippen molar-refractivity contribution in [2.24, 2.45) is 0 Å². The highest BCUT2D eigenvalue weighted by molar-refractivity contribution is 7.89. The molecule has 1 saturated heterocycles. The number of hydrogen-bond donors (Lipinski definition) is 0. The molecule has 2 aromatic carbocycles. The van der Waals surface area contributed by atoms with Crippen LogP contribution in [0.5, 0.6) is 0 Å². The van der Waals surface area contributed by atoms with E-state index in [0.717, 1.165) is 12.0 Å². The normalized spacial score (nSPS) is 17.7. The van der Waals surface area contributed by atoms with Gasteiger partial charge in [-0.05, 0) is 56.0 Å². The minimum absolute atomic E-state index is 0.0493. The van der Waals surface area contributed by atoms with E-state index >= 15 is 0 Å². The second-order valence-electron chi connectivity index (χ2n) is 6.94. The Morgan fingerprint density at radius 2 is 1.72 bits per heavy atom. The van der Waals surface area contributed by atoms with Gasteiger partial charge in [-0.15, -0.1) is 0 Å². The van der Waals surface area contributed by atoms with Crippen molar-refractivity contribution in [1.82, 2.24) is 4.31 Å². The number of esters is 1. The Morgan fingerprint density at radius 3 is 2.34 bits per heavy atom. The van der Waals surface area contributed by atoms with E-state index in [0.29, 0.717) is 23.4 Å². The molecule has 0 aliphatic carbocycles. The number of sulfonamides is 1. The maximum Gasteiger partial charge on any atom is 0.324 e. The van der Waals surface area contributed by atoms with Crippen LogP contribution in [0.3, 0.4) is 0 Å². The maximum absolute atomic E-state index is 13.1. The van der Waals surface area contributed by atoms with Gasteiger partial charge >= 0.3 is 5.97 Å². The first kappa shape index (κ1) is 21.5. The number of halogens is 1. The molecular formula is C21H22ClNO5S. The second-order valence-corrected chi connectivity index (χ2v) is 9.27. The quantitative estimate of drug-likeness (QED) is 0.508. The molecule has 2 aromatic rings. The number of Topliss-reactive ketones (excluding diaryl/α,β-unsaturated/α-hetero) is 1. The molecule has 1 atom stereocenters. The van der Waals surface area contributed by atoms with E-state index in [4.69, 9.17) is 16.3 Å². The summed E-state index contributed by atoms with van der Waals surface area (Å²) >= 11 is 5.85. The van der Waals surface area contributed by atoms with Crippen molar-refractivity contribution in [1.29, 1.82) is 0 Å². The highest BCUT2D eigenvalue weighted by Gasteiger charge is 2.38. The van der Waals surface area contributed by atoms with Crippen molar-refractivity contribution in [2.45, 2.75) is 43.7 Å². The summed E-state index contributed by atoms with van der Waals surface area (Å²) in [7, 11) is -3.88. The maximum atomic E-state index is 13.1. The predicted molar refractivity (Wildman–Crippen MR) is 109 cm³/mol. The fraction of sp³-hybridized carbons (Fsp3) is 0.333. The molecule has 0 amide bonds. The first-order valence-electron chi connectivity index (χ1n) is 9.33. The molecular weight excluding hydrogens is 414 g/mol. The molecule has 0 aromatic heterocycles. The summed E-state index contributed by atoms with van der Waals surface area (Å²) in [6.45, 7) is 1.71. The highest BCUT2D eigenvalue weighted by atomic mass is 35.5. The molecule has 1 fully saturated rings. The van der Waals surface area contributed by atoms with E-state index in [1.54, 1.807) is 24.3 Å². The summed E-state index contributed by atoms with van der Waals surface area (Å²) in [5.41, 5.74) is 1.20. The number of ketones is 1. The van der Waals surface area contributed by atoms with Crippen molar-refractivity contribution in [3.05, 3.63) is 64.7 Å². The largest absolute Gasteiger partial charge is 0.460 e. The molecule has 1 unspecified atom stereocenters. The number of benzene rings is 2. The summed E-state index contributed by atoms with van der Waals surface area (Å²) in [5, 5.41) is 0.584. The minimum atomic E-state index is -3.88. The van der Waals surface area contributed by atoms with Gasteiger partial charge in [-0.1, -0.05) is 35.9 Å². The fourth-order valence-corrected chi connectivity index (χ4v) is 5.03. The lowest BCUT2D eigenvalue weighted by atomic mass is 10.1. The Hall–Kier alpha value is -2.22. The van der Waals surface area contributed by atoms with Crippen LogP contribution in [0.4, 0.5) is 0 Å². The first-order valence-corrected chi connectivity index (χ1v) is 11.1. The summed E-state index contributed by atoms with van der Waals surface area (Å²) < 4.78 is 32.8. The Labute approximate surface area is 175 Å². The monoisotopic (exact) mass is 435 g/mol. The third-order valence-electron chi connectivity index (χ3n) is 4.89. The minimum Gasteiger partial charge on any atom is -0.460 e. The van der Waals surface area contributed by atoms with Crippen molar-refractivity contribution in [3.63, 3.8) is 0 Å². The summed E-state index contributed by atoms with van der Waals surface area (Å²) in [4.78, 5) is 24.2. The summed E-state index contributed by atoms with van der Waals surface area (Å²) in [5.74, 6) is -0.709. The summed E-state index contributed by atoms with van der Waals surface area (Å²) in [6, 6.07) is 11.8. The van der Waals surface area contributed by atoms with E-state index < -0.39 is 22.0 Å². The topological polar surface area (TPSA) is 80.8 Å². The van der Waals surface area contributed by atoms with Crippen LogP contribution in [0, 0.1) is 0 Å². The fourth-order valence-electron chi connectivity index (χ4n) is 3.26. The van der Waals surface area contributed by atoms with Gasteiger partial charge < -0.3 is 4.74 Å². The zero-order valence-corrected chi connectivity index (χ0v) is 17.6. The van der Waals surface area contributed by atoms with Crippen molar-refractivity contribution >= 4 is 33.4 Å². The number of carbonyl (C=O) groups excluding carboxylic acids is 2. The van der Waals surface area contributed by atoms with E-state index in [9.17, 15) is 18.0 Å². The molecule has 0 radical (unpaired) electrons. The molecule has 1 aliphatic heterocycles. The van der Waals surface area contributed by atoms with Gasteiger partial charge in [0, 0.05) is 17.1 Å². The number of ether oxygens (including phenoxy) is 1. The third-order valence-corrected chi connectivity index (χ3v) is 7.06. The molecule has 6 nitrogen and oxygen atoms in total.